The van der Waals surface area contributed by atoms with Crippen molar-refractivity contribution in [2.24, 2.45) is 0 Å². The van der Waals surface area contributed by atoms with E-state index in [0.29, 0.717) is 6.61 Å². The summed E-state index contributed by atoms with van der Waals surface area (Å²) in [6.07, 6.45) is -4.18. The van der Waals surface area contributed by atoms with E-state index in [1.54, 1.807) is 6.92 Å². The number of hydrogen-bond donors (Lipinski definition) is 4. The molecular formula is C8H16O6. The Morgan fingerprint density at radius 2 is 2.07 bits per heavy atom. The van der Waals surface area contributed by atoms with Crippen molar-refractivity contribution in [2.45, 2.75) is 31.0 Å². The Bertz CT molecular complexity index is 183. The van der Waals surface area contributed by atoms with Crippen LogP contribution in [0.4, 0.5) is 0 Å². The summed E-state index contributed by atoms with van der Waals surface area (Å²) < 4.78 is 9.74. The smallest absolute Gasteiger partial charge is 0.219 e. The van der Waals surface area contributed by atoms with Gasteiger partial charge in [0.1, 0.15) is 24.9 Å². The highest BCUT2D eigenvalue weighted by atomic mass is 16.7. The first-order valence-electron chi connectivity index (χ1n) is 4.49. The molecule has 84 valence electrons. The first kappa shape index (κ1) is 11.8. The zero-order chi connectivity index (χ0) is 10.8. The third-order valence-corrected chi connectivity index (χ3v) is 2.20. The maximum absolute atomic E-state index is 9.69. The molecule has 1 rings (SSSR count). The van der Waals surface area contributed by atoms with Crippen molar-refractivity contribution in [3.8, 4) is 0 Å². The molecule has 6 nitrogen and oxygen atoms in total. The second-order valence-electron chi connectivity index (χ2n) is 3.30. The zero-order valence-electron chi connectivity index (χ0n) is 7.96. The lowest BCUT2D eigenvalue weighted by Crippen LogP contribution is -2.62. The molecular weight excluding hydrogens is 192 g/mol. The topological polar surface area (TPSA) is 99.4 Å². The van der Waals surface area contributed by atoms with Crippen LogP contribution in [0.1, 0.15) is 6.92 Å². The zero-order valence-corrected chi connectivity index (χ0v) is 7.96. The number of aliphatic hydroxyl groups is 4. The minimum absolute atomic E-state index is 0.234. The monoisotopic (exact) mass is 208 g/mol. The van der Waals surface area contributed by atoms with Crippen LogP contribution in [-0.2, 0) is 9.47 Å². The normalized spacial score (nSPS) is 43.9. The second-order valence-corrected chi connectivity index (χ2v) is 3.30. The third kappa shape index (κ3) is 2.22. The molecule has 0 aliphatic carbocycles. The lowest BCUT2D eigenvalue weighted by molar-refractivity contribution is -0.334. The van der Waals surface area contributed by atoms with Crippen LogP contribution in [0.15, 0.2) is 0 Å². The van der Waals surface area contributed by atoms with Crippen LogP contribution in [0.5, 0.6) is 0 Å². The van der Waals surface area contributed by atoms with Gasteiger partial charge in [-0.25, -0.2) is 0 Å². The second kappa shape index (κ2) is 4.52. The Hall–Kier alpha value is -0.240. The quantitative estimate of drug-likeness (QED) is 0.421. The van der Waals surface area contributed by atoms with Crippen molar-refractivity contribution in [3.05, 3.63) is 0 Å². The van der Waals surface area contributed by atoms with E-state index < -0.39 is 24.1 Å². The molecule has 6 heteroatoms. The van der Waals surface area contributed by atoms with E-state index in [1.807, 2.05) is 0 Å². The highest BCUT2D eigenvalue weighted by Crippen LogP contribution is 2.24. The first-order chi connectivity index (χ1) is 6.51. The maximum Gasteiger partial charge on any atom is 0.219 e. The van der Waals surface area contributed by atoms with Crippen LogP contribution in [-0.4, -0.2) is 64.3 Å². The van der Waals surface area contributed by atoms with Crippen LogP contribution in [0.2, 0.25) is 0 Å². The minimum atomic E-state index is -1.94. The molecule has 0 aromatic carbocycles. The molecule has 0 spiro atoms. The first-order valence-corrected chi connectivity index (χ1v) is 4.49. The van der Waals surface area contributed by atoms with Crippen LogP contribution in [0, 0.1) is 0 Å². The summed E-state index contributed by atoms with van der Waals surface area (Å²) in [5, 5.41) is 37.5. The largest absolute Gasteiger partial charge is 0.388 e. The van der Waals surface area contributed by atoms with Crippen molar-refractivity contribution in [1.29, 1.82) is 0 Å². The SMILES string of the molecule is CCOC[C@]1(O)OC[C@@H](O)[C@@H](O)[C@@H]1O. The predicted molar refractivity (Wildman–Crippen MR) is 45.4 cm³/mol. The van der Waals surface area contributed by atoms with Crippen molar-refractivity contribution in [3.63, 3.8) is 0 Å². The molecule has 0 saturated carbocycles. The summed E-state index contributed by atoms with van der Waals surface area (Å²) >= 11 is 0. The van der Waals surface area contributed by atoms with Crippen LogP contribution in [0.3, 0.4) is 0 Å². The molecule has 0 amide bonds. The number of hydrogen-bond acceptors (Lipinski definition) is 6. The van der Waals surface area contributed by atoms with Crippen molar-refractivity contribution >= 4 is 0 Å². The lowest BCUT2D eigenvalue weighted by Gasteiger charge is -2.41. The van der Waals surface area contributed by atoms with Gasteiger partial charge in [-0.3, -0.25) is 0 Å². The Morgan fingerprint density at radius 3 is 2.64 bits per heavy atom. The minimum Gasteiger partial charge on any atom is -0.388 e. The molecule has 0 aromatic heterocycles. The van der Waals surface area contributed by atoms with Crippen LogP contribution < -0.4 is 0 Å². The number of ether oxygens (including phenoxy) is 2. The molecule has 4 N–H and O–H groups in total. The average molecular weight is 208 g/mol. The summed E-state index contributed by atoms with van der Waals surface area (Å²) in [7, 11) is 0. The summed E-state index contributed by atoms with van der Waals surface area (Å²) in [6, 6.07) is 0. The fourth-order valence-corrected chi connectivity index (χ4v) is 1.27. The highest BCUT2D eigenvalue weighted by Gasteiger charge is 2.48. The molecule has 0 aromatic rings. The Labute approximate surface area is 81.7 Å². The van der Waals surface area contributed by atoms with Gasteiger partial charge in [-0.15, -0.1) is 0 Å². The fraction of sp³-hybridized carbons (Fsp3) is 1.00. The Kier molecular flexibility index (Phi) is 3.82. The molecule has 1 aliphatic rings. The number of rotatable bonds is 3. The molecule has 1 heterocycles. The molecule has 1 fully saturated rings. The van der Waals surface area contributed by atoms with Gasteiger partial charge in [-0.1, -0.05) is 0 Å². The fourth-order valence-electron chi connectivity index (χ4n) is 1.27. The maximum atomic E-state index is 9.69. The van der Waals surface area contributed by atoms with Gasteiger partial charge in [0.25, 0.3) is 0 Å². The van der Waals surface area contributed by atoms with E-state index in [0.717, 1.165) is 0 Å². The van der Waals surface area contributed by atoms with Gasteiger partial charge in [0.05, 0.1) is 6.61 Å². The molecule has 0 bridgehead atoms. The predicted octanol–water partition coefficient (Wildman–Crippen LogP) is -2.18. The number of aliphatic hydroxyl groups excluding tert-OH is 3. The molecule has 1 saturated heterocycles. The van der Waals surface area contributed by atoms with Gasteiger partial charge < -0.3 is 29.9 Å². The van der Waals surface area contributed by atoms with E-state index in [2.05, 4.69) is 0 Å². The summed E-state index contributed by atoms with van der Waals surface area (Å²) in [6.45, 7) is 1.61. The highest BCUT2D eigenvalue weighted by molar-refractivity contribution is 4.91. The van der Waals surface area contributed by atoms with Gasteiger partial charge in [-0.2, -0.15) is 0 Å². The Morgan fingerprint density at radius 1 is 1.43 bits per heavy atom. The molecule has 4 atom stereocenters. The molecule has 0 unspecified atom stereocenters. The van der Waals surface area contributed by atoms with Crippen LogP contribution >= 0.6 is 0 Å². The van der Waals surface area contributed by atoms with E-state index in [4.69, 9.17) is 14.6 Å². The van der Waals surface area contributed by atoms with Gasteiger partial charge >= 0.3 is 0 Å². The van der Waals surface area contributed by atoms with E-state index in [1.165, 1.54) is 0 Å². The van der Waals surface area contributed by atoms with Gasteiger partial charge in [0, 0.05) is 6.61 Å². The average Bonchev–Trinajstić information content (AvgIpc) is 2.19. The standard InChI is InChI=1S/C8H16O6/c1-2-13-4-8(12)7(11)6(10)5(9)3-14-8/h5-7,9-12H,2-4H2,1H3/t5-,6-,7+,8+/m1/s1. The lowest BCUT2D eigenvalue weighted by atomic mass is 9.97. The van der Waals surface area contributed by atoms with Gasteiger partial charge in [-0.05, 0) is 6.92 Å². The van der Waals surface area contributed by atoms with Gasteiger partial charge in [0.2, 0.25) is 5.79 Å². The van der Waals surface area contributed by atoms with Crippen molar-refractivity contribution < 1.29 is 29.9 Å². The van der Waals surface area contributed by atoms with Crippen LogP contribution in [0.25, 0.3) is 0 Å². The van der Waals surface area contributed by atoms with E-state index >= 15 is 0 Å². The molecule has 1 aliphatic heterocycles. The van der Waals surface area contributed by atoms with Crippen molar-refractivity contribution in [1.82, 2.24) is 0 Å². The summed E-state index contributed by atoms with van der Waals surface area (Å²) in [5.74, 6) is -1.94. The summed E-state index contributed by atoms with van der Waals surface area (Å²) in [4.78, 5) is 0. The Balaban J connectivity index is 2.60. The third-order valence-electron chi connectivity index (χ3n) is 2.20. The van der Waals surface area contributed by atoms with E-state index in [-0.39, 0.29) is 13.2 Å². The van der Waals surface area contributed by atoms with Gasteiger partial charge in [0.15, 0.2) is 0 Å². The van der Waals surface area contributed by atoms with E-state index in [9.17, 15) is 15.3 Å². The molecule has 0 radical (unpaired) electrons. The molecule has 14 heavy (non-hydrogen) atoms. The summed E-state index contributed by atoms with van der Waals surface area (Å²) in [5.41, 5.74) is 0. The van der Waals surface area contributed by atoms with Crippen molar-refractivity contribution in [2.75, 3.05) is 19.8 Å².